The number of allylic oxidation sites excluding steroid dienone is 2. The Kier molecular flexibility index (Phi) is 4.76. The average Bonchev–Trinajstić information content (AvgIpc) is 2.30. The van der Waals surface area contributed by atoms with Gasteiger partial charge in [-0.1, -0.05) is 30.7 Å². The highest BCUT2D eigenvalue weighted by Crippen LogP contribution is 2.10. The van der Waals surface area contributed by atoms with Gasteiger partial charge in [0.1, 0.15) is 0 Å². The number of benzene rings is 1. The average molecular weight is 232 g/mol. The predicted octanol–water partition coefficient (Wildman–Crippen LogP) is 2.85. The molecule has 0 saturated heterocycles. The third kappa shape index (κ3) is 3.63. The lowest BCUT2D eigenvalue weighted by atomic mass is 10.1. The fraction of sp³-hybridized carbons (Fsp3) is 0.357. The SMILES string of the molecule is C/C=C(/CC)NNC(=O)c1ccc(C)cc1C. The summed E-state index contributed by atoms with van der Waals surface area (Å²) in [6.45, 7) is 7.93. The van der Waals surface area contributed by atoms with Gasteiger partial charge in [-0.3, -0.25) is 10.2 Å². The van der Waals surface area contributed by atoms with E-state index in [-0.39, 0.29) is 5.91 Å². The van der Waals surface area contributed by atoms with Crippen molar-refractivity contribution in [2.45, 2.75) is 34.1 Å². The van der Waals surface area contributed by atoms with E-state index in [0.717, 1.165) is 23.2 Å². The minimum atomic E-state index is -0.102. The van der Waals surface area contributed by atoms with E-state index >= 15 is 0 Å². The molecule has 1 aromatic carbocycles. The number of aryl methyl sites for hydroxylation is 2. The molecule has 3 heteroatoms. The summed E-state index contributed by atoms with van der Waals surface area (Å²) in [6, 6.07) is 5.80. The Morgan fingerprint density at radius 2 is 2.00 bits per heavy atom. The van der Waals surface area contributed by atoms with Gasteiger partial charge in [0.15, 0.2) is 0 Å². The number of nitrogens with one attached hydrogen (secondary N) is 2. The van der Waals surface area contributed by atoms with E-state index in [0.29, 0.717) is 5.56 Å². The van der Waals surface area contributed by atoms with Crippen molar-refractivity contribution in [3.8, 4) is 0 Å². The predicted molar refractivity (Wildman–Crippen MR) is 70.6 cm³/mol. The van der Waals surface area contributed by atoms with Crippen LogP contribution in [0, 0.1) is 13.8 Å². The van der Waals surface area contributed by atoms with Crippen molar-refractivity contribution in [3.63, 3.8) is 0 Å². The van der Waals surface area contributed by atoms with Crippen molar-refractivity contribution in [1.29, 1.82) is 0 Å². The van der Waals surface area contributed by atoms with Crippen molar-refractivity contribution in [2.24, 2.45) is 0 Å². The van der Waals surface area contributed by atoms with E-state index in [4.69, 9.17) is 0 Å². The first-order valence-electron chi connectivity index (χ1n) is 5.87. The maximum absolute atomic E-state index is 11.9. The molecule has 1 rings (SSSR count). The molecular formula is C14H20N2O. The highest BCUT2D eigenvalue weighted by molar-refractivity contribution is 5.95. The standard InChI is InChI=1S/C14H20N2O/c1-5-12(6-2)15-16-14(17)13-8-7-10(3)9-11(13)4/h5,7-9,15H,6H2,1-4H3,(H,16,17)/b12-5-. The molecule has 0 atom stereocenters. The van der Waals surface area contributed by atoms with E-state index in [9.17, 15) is 4.79 Å². The van der Waals surface area contributed by atoms with Crippen LogP contribution in [-0.2, 0) is 0 Å². The summed E-state index contributed by atoms with van der Waals surface area (Å²) in [7, 11) is 0. The van der Waals surface area contributed by atoms with Gasteiger partial charge in [-0.25, -0.2) is 0 Å². The Morgan fingerprint density at radius 1 is 1.29 bits per heavy atom. The van der Waals surface area contributed by atoms with Gasteiger partial charge in [0.25, 0.3) is 5.91 Å². The number of amides is 1. The third-order valence-electron chi connectivity index (χ3n) is 2.69. The number of carbonyl (C=O) groups excluding carboxylic acids is 1. The van der Waals surface area contributed by atoms with Gasteiger partial charge in [0.2, 0.25) is 0 Å². The number of hydrogen-bond acceptors (Lipinski definition) is 2. The van der Waals surface area contributed by atoms with E-state index in [1.807, 2.05) is 52.0 Å². The first-order chi connectivity index (χ1) is 8.08. The minimum Gasteiger partial charge on any atom is -0.303 e. The number of rotatable bonds is 4. The Bertz CT molecular complexity index is 436. The fourth-order valence-corrected chi connectivity index (χ4v) is 1.64. The number of hydrogen-bond donors (Lipinski definition) is 2. The van der Waals surface area contributed by atoms with Gasteiger partial charge in [-0.15, -0.1) is 0 Å². The monoisotopic (exact) mass is 232 g/mol. The Morgan fingerprint density at radius 3 is 2.53 bits per heavy atom. The van der Waals surface area contributed by atoms with Gasteiger partial charge >= 0.3 is 0 Å². The summed E-state index contributed by atoms with van der Waals surface area (Å²) in [5, 5.41) is 0. The molecule has 17 heavy (non-hydrogen) atoms. The van der Waals surface area contributed by atoms with Crippen molar-refractivity contribution in [2.75, 3.05) is 0 Å². The van der Waals surface area contributed by atoms with Crippen molar-refractivity contribution >= 4 is 5.91 Å². The third-order valence-corrected chi connectivity index (χ3v) is 2.69. The summed E-state index contributed by atoms with van der Waals surface area (Å²) in [5.74, 6) is -0.102. The lowest BCUT2D eigenvalue weighted by Crippen LogP contribution is -2.36. The molecule has 3 nitrogen and oxygen atoms in total. The molecule has 0 unspecified atom stereocenters. The lowest BCUT2D eigenvalue weighted by Gasteiger charge is -2.12. The summed E-state index contributed by atoms with van der Waals surface area (Å²) < 4.78 is 0. The zero-order valence-electron chi connectivity index (χ0n) is 10.9. The molecule has 0 aliphatic rings. The molecular weight excluding hydrogens is 212 g/mol. The second-order valence-corrected chi connectivity index (χ2v) is 4.06. The van der Waals surface area contributed by atoms with Crippen LogP contribution < -0.4 is 10.9 Å². The molecule has 0 aliphatic carbocycles. The van der Waals surface area contributed by atoms with Gasteiger partial charge in [-0.05, 0) is 38.8 Å². The maximum Gasteiger partial charge on any atom is 0.269 e. The van der Waals surface area contributed by atoms with Crippen LogP contribution in [0.3, 0.4) is 0 Å². The van der Waals surface area contributed by atoms with Gasteiger partial charge in [0, 0.05) is 11.3 Å². The van der Waals surface area contributed by atoms with Crippen molar-refractivity contribution in [3.05, 3.63) is 46.7 Å². The van der Waals surface area contributed by atoms with Crippen LogP contribution in [0.5, 0.6) is 0 Å². The van der Waals surface area contributed by atoms with Gasteiger partial charge in [-0.2, -0.15) is 0 Å². The van der Waals surface area contributed by atoms with Crippen LogP contribution in [0.1, 0.15) is 41.8 Å². The Hall–Kier alpha value is -1.77. The molecule has 0 saturated carbocycles. The second kappa shape index (κ2) is 6.09. The van der Waals surface area contributed by atoms with E-state index in [1.54, 1.807) is 0 Å². The normalized spacial score (nSPS) is 11.2. The molecule has 0 fully saturated rings. The van der Waals surface area contributed by atoms with E-state index < -0.39 is 0 Å². The van der Waals surface area contributed by atoms with Crippen molar-refractivity contribution in [1.82, 2.24) is 10.9 Å². The minimum absolute atomic E-state index is 0.102. The molecule has 0 radical (unpaired) electrons. The molecule has 0 heterocycles. The molecule has 92 valence electrons. The second-order valence-electron chi connectivity index (χ2n) is 4.06. The lowest BCUT2D eigenvalue weighted by molar-refractivity contribution is 0.0938. The van der Waals surface area contributed by atoms with Crippen LogP contribution in [0.25, 0.3) is 0 Å². The summed E-state index contributed by atoms with van der Waals surface area (Å²) in [6.07, 6.45) is 2.81. The molecule has 0 spiro atoms. The first kappa shape index (κ1) is 13.3. The van der Waals surface area contributed by atoms with Crippen LogP contribution in [0.4, 0.5) is 0 Å². The topological polar surface area (TPSA) is 41.1 Å². The van der Waals surface area contributed by atoms with Crippen LogP contribution in [-0.4, -0.2) is 5.91 Å². The summed E-state index contributed by atoms with van der Waals surface area (Å²) >= 11 is 0. The van der Waals surface area contributed by atoms with E-state index in [1.165, 1.54) is 0 Å². The molecule has 1 amide bonds. The summed E-state index contributed by atoms with van der Waals surface area (Å²) in [5.41, 5.74) is 9.48. The molecule has 2 N–H and O–H groups in total. The van der Waals surface area contributed by atoms with E-state index in [2.05, 4.69) is 10.9 Å². The molecule has 1 aromatic rings. The number of carbonyl (C=O) groups is 1. The maximum atomic E-state index is 11.9. The summed E-state index contributed by atoms with van der Waals surface area (Å²) in [4.78, 5) is 11.9. The molecule has 0 aromatic heterocycles. The molecule has 0 bridgehead atoms. The zero-order chi connectivity index (χ0) is 12.8. The highest BCUT2D eigenvalue weighted by atomic mass is 16.2. The smallest absolute Gasteiger partial charge is 0.269 e. The Labute approximate surface area is 103 Å². The van der Waals surface area contributed by atoms with Crippen LogP contribution in [0.15, 0.2) is 30.0 Å². The highest BCUT2D eigenvalue weighted by Gasteiger charge is 2.08. The zero-order valence-corrected chi connectivity index (χ0v) is 10.9. The first-order valence-corrected chi connectivity index (χ1v) is 5.87. The molecule has 0 aliphatic heterocycles. The Balaban J connectivity index is 2.70. The van der Waals surface area contributed by atoms with Crippen molar-refractivity contribution < 1.29 is 4.79 Å². The van der Waals surface area contributed by atoms with Gasteiger partial charge in [0.05, 0.1) is 0 Å². The fourth-order valence-electron chi connectivity index (χ4n) is 1.64. The number of hydrazine groups is 1. The van der Waals surface area contributed by atoms with Gasteiger partial charge < -0.3 is 5.43 Å². The van der Waals surface area contributed by atoms with Crippen LogP contribution >= 0.6 is 0 Å². The largest absolute Gasteiger partial charge is 0.303 e. The quantitative estimate of drug-likeness (QED) is 0.784. The van der Waals surface area contributed by atoms with Crippen LogP contribution in [0.2, 0.25) is 0 Å².